The second kappa shape index (κ2) is 5.81. The minimum atomic E-state index is -0.208. The molecule has 0 aliphatic carbocycles. The minimum absolute atomic E-state index is 0.0365. The number of ether oxygens (including phenoxy) is 1. The largest absolute Gasteiger partial charge is 0.379 e. The number of carbonyl (C=O) groups is 2. The Morgan fingerprint density at radius 3 is 2.62 bits per heavy atom. The van der Waals surface area contributed by atoms with Crippen LogP contribution in [0.25, 0.3) is 0 Å². The lowest BCUT2D eigenvalue weighted by Crippen LogP contribution is -2.45. The summed E-state index contributed by atoms with van der Waals surface area (Å²) in [5.74, 6) is -0.458. The Hall–Kier alpha value is -1.14. The average Bonchev–Trinajstić information content (AvgIpc) is 2.73. The molecule has 1 saturated heterocycles. The smallest absolute Gasteiger partial charge is 0.241 e. The van der Waals surface area contributed by atoms with Crippen molar-refractivity contribution in [1.82, 2.24) is 15.5 Å². The highest BCUT2D eigenvalue weighted by Gasteiger charge is 2.32. The van der Waals surface area contributed by atoms with E-state index in [9.17, 15) is 9.59 Å². The third kappa shape index (κ3) is 3.18. The number of hydrogen-bond acceptors (Lipinski definition) is 4. The van der Waals surface area contributed by atoms with Crippen molar-refractivity contribution in [3.05, 3.63) is 0 Å². The van der Waals surface area contributed by atoms with Gasteiger partial charge in [-0.1, -0.05) is 0 Å². The maximum atomic E-state index is 11.7. The molecule has 2 amide bonds. The molecule has 6 heteroatoms. The molecule has 1 fully saturated rings. The van der Waals surface area contributed by atoms with Crippen molar-refractivity contribution in [2.45, 2.75) is 6.04 Å². The van der Waals surface area contributed by atoms with Gasteiger partial charge in [0, 0.05) is 20.1 Å². The molecule has 2 N–H and O–H groups in total. The number of rotatable bonds is 4. The van der Waals surface area contributed by atoms with Crippen LogP contribution in [0.1, 0.15) is 0 Å². The van der Waals surface area contributed by atoms with Gasteiger partial charge in [-0.3, -0.25) is 9.59 Å². The van der Waals surface area contributed by atoms with E-state index in [1.165, 1.54) is 4.90 Å². The minimum Gasteiger partial charge on any atom is -0.379 e. The Morgan fingerprint density at radius 1 is 1.38 bits per heavy atom. The summed E-state index contributed by atoms with van der Waals surface area (Å²) < 4.78 is 5.22. The van der Waals surface area contributed by atoms with Gasteiger partial charge in [0.1, 0.15) is 0 Å². The van der Waals surface area contributed by atoms with Crippen molar-refractivity contribution in [1.29, 1.82) is 0 Å². The fraction of sp³-hybridized carbons (Fsp3) is 0.800. The van der Waals surface area contributed by atoms with Crippen LogP contribution in [0.5, 0.6) is 0 Å². The fourth-order valence-electron chi connectivity index (χ4n) is 1.55. The second-order valence-corrected chi connectivity index (χ2v) is 4.05. The first-order valence-electron chi connectivity index (χ1n) is 5.29. The van der Waals surface area contributed by atoms with Gasteiger partial charge in [-0.25, -0.2) is 0 Å². The number of hydrogen-bond donors (Lipinski definition) is 2. The summed E-state index contributed by atoms with van der Waals surface area (Å²) in [5, 5.41) is 5.64. The first kappa shape index (κ1) is 12.9. The molecule has 0 saturated carbocycles. The number of nitrogens with zero attached hydrogens (tertiary/aromatic N) is 1. The first-order chi connectivity index (χ1) is 7.56. The topological polar surface area (TPSA) is 70.7 Å². The van der Waals surface area contributed by atoms with Crippen LogP contribution >= 0.6 is 0 Å². The molecule has 2 unspecified atom stereocenters. The van der Waals surface area contributed by atoms with Gasteiger partial charge in [0.25, 0.3) is 0 Å². The molecule has 1 aliphatic heterocycles. The molecule has 0 bridgehead atoms. The Morgan fingerprint density at radius 2 is 2.06 bits per heavy atom. The molecule has 1 rings (SSSR count). The second-order valence-electron chi connectivity index (χ2n) is 4.05. The molecule has 1 aliphatic rings. The highest BCUT2D eigenvalue weighted by Crippen LogP contribution is 2.13. The lowest BCUT2D eigenvalue weighted by molar-refractivity contribution is -0.132. The molecule has 92 valence electrons. The van der Waals surface area contributed by atoms with Crippen molar-refractivity contribution in [2.75, 3.05) is 40.9 Å². The lowest BCUT2D eigenvalue weighted by atomic mass is 10.0. The molecule has 0 aromatic heterocycles. The molecule has 0 aromatic carbocycles. The summed E-state index contributed by atoms with van der Waals surface area (Å²) >= 11 is 0. The zero-order valence-corrected chi connectivity index (χ0v) is 9.95. The summed E-state index contributed by atoms with van der Waals surface area (Å²) in [7, 11) is 5.11. The van der Waals surface area contributed by atoms with E-state index >= 15 is 0 Å². The van der Waals surface area contributed by atoms with E-state index in [0.717, 1.165) is 0 Å². The van der Waals surface area contributed by atoms with E-state index in [1.807, 2.05) is 0 Å². The zero-order chi connectivity index (χ0) is 12.1. The summed E-state index contributed by atoms with van der Waals surface area (Å²) in [6.45, 7) is 0.989. The molecular weight excluding hydrogens is 210 g/mol. The first-order valence-corrected chi connectivity index (χ1v) is 5.29. The van der Waals surface area contributed by atoms with Crippen LogP contribution in [0, 0.1) is 5.92 Å². The third-order valence-corrected chi connectivity index (χ3v) is 2.70. The normalized spacial score (nSPS) is 24.2. The fourth-order valence-corrected chi connectivity index (χ4v) is 1.55. The van der Waals surface area contributed by atoms with Crippen LogP contribution in [0.3, 0.4) is 0 Å². The number of carbonyl (C=O) groups excluding carboxylic acids is 2. The summed E-state index contributed by atoms with van der Waals surface area (Å²) in [6.07, 6.45) is 0. The number of nitrogens with one attached hydrogen (secondary N) is 2. The van der Waals surface area contributed by atoms with Gasteiger partial charge in [0.2, 0.25) is 11.8 Å². The van der Waals surface area contributed by atoms with Gasteiger partial charge < -0.3 is 20.3 Å². The van der Waals surface area contributed by atoms with Crippen LogP contribution in [-0.2, 0) is 14.3 Å². The SMILES string of the molecule is CNC1COCC1C(=O)NCC(=O)N(C)C. The van der Waals surface area contributed by atoms with Crippen molar-refractivity contribution in [3.63, 3.8) is 0 Å². The Labute approximate surface area is 95.3 Å². The van der Waals surface area contributed by atoms with Crippen LogP contribution in [0.15, 0.2) is 0 Å². The van der Waals surface area contributed by atoms with E-state index in [4.69, 9.17) is 4.74 Å². The highest BCUT2D eigenvalue weighted by atomic mass is 16.5. The van der Waals surface area contributed by atoms with Crippen molar-refractivity contribution in [3.8, 4) is 0 Å². The van der Waals surface area contributed by atoms with Gasteiger partial charge in [0.05, 0.1) is 25.7 Å². The molecule has 0 aromatic rings. The van der Waals surface area contributed by atoms with E-state index < -0.39 is 0 Å². The Balaban J connectivity index is 2.37. The molecule has 16 heavy (non-hydrogen) atoms. The zero-order valence-electron chi connectivity index (χ0n) is 9.95. The maximum absolute atomic E-state index is 11.7. The van der Waals surface area contributed by atoms with Crippen molar-refractivity contribution in [2.24, 2.45) is 5.92 Å². The molecule has 2 atom stereocenters. The van der Waals surface area contributed by atoms with Crippen molar-refractivity contribution >= 4 is 11.8 Å². The van der Waals surface area contributed by atoms with Crippen molar-refractivity contribution < 1.29 is 14.3 Å². The van der Waals surface area contributed by atoms with Gasteiger partial charge in [0.15, 0.2) is 0 Å². The van der Waals surface area contributed by atoms with Crippen LogP contribution in [0.4, 0.5) is 0 Å². The van der Waals surface area contributed by atoms with E-state index in [-0.39, 0.29) is 30.3 Å². The monoisotopic (exact) mass is 229 g/mol. The molecule has 0 radical (unpaired) electrons. The van der Waals surface area contributed by atoms with E-state index in [1.54, 1.807) is 21.1 Å². The predicted octanol–water partition coefficient (Wildman–Crippen LogP) is -1.57. The summed E-state index contributed by atoms with van der Waals surface area (Å²) in [5.41, 5.74) is 0. The van der Waals surface area contributed by atoms with Gasteiger partial charge >= 0.3 is 0 Å². The van der Waals surface area contributed by atoms with Gasteiger partial charge in [-0.15, -0.1) is 0 Å². The van der Waals surface area contributed by atoms with Gasteiger partial charge in [-0.05, 0) is 7.05 Å². The molecule has 1 heterocycles. The summed E-state index contributed by atoms with van der Waals surface area (Å²) in [4.78, 5) is 24.5. The van der Waals surface area contributed by atoms with E-state index in [2.05, 4.69) is 10.6 Å². The maximum Gasteiger partial charge on any atom is 0.241 e. The predicted molar refractivity (Wildman–Crippen MR) is 58.9 cm³/mol. The van der Waals surface area contributed by atoms with Crippen LogP contribution in [-0.4, -0.2) is 63.7 Å². The third-order valence-electron chi connectivity index (χ3n) is 2.70. The Bertz CT molecular complexity index is 268. The molecule has 0 spiro atoms. The Kier molecular flexibility index (Phi) is 4.70. The standard InChI is InChI=1S/C10H19N3O3/c1-11-8-6-16-5-7(8)10(15)12-4-9(14)13(2)3/h7-8,11H,4-6H2,1-3H3,(H,12,15). The quantitative estimate of drug-likeness (QED) is 0.611. The van der Waals surface area contributed by atoms with Crippen LogP contribution in [0.2, 0.25) is 0 Å². The molecular formula is C10H19N3O3. The lowest BCUT2D eigenvalue weighted by Gasteiger charge is -2.17. The van der Waals surface area contributed by atoms with Crippen LogP contribution < -0.4 is 10.6 Å². The summed E-state index contributed by atoms with van der Waals surface area (Å²) in [6, 6.07) is 0.0365. The van der Waals surface area contributed by atoms with E-state index in [0.29, 0.717) is 13.2 Å². The highest BCUT2D eigenvalue weighted by molar-refractivity contribution is 5.86. The van der Waals surface area contributed by atoms with Gasteiger partial charge in [-0.2, -0.15) is 0 Å². The number of amides is 2. The number of likely N-dealkylation sites (N-methyl/N-ethyl adjacent to an activating group) is 2. The molecule has 6 nitrogen and oxygen atoms in total. The average molecular weight is 229 g/mol.